The van der Waals surface area contributed by atoms with E-state index in [0.717, 1.165) is 18.4 Å². The molecule has 0 bridgehead atoms. The van der Waals surface area contributed by atoms with Crippen molar-refractivity contribution in [3.8, 4) is 0 Å². The van der Waals surface area contributed by atoms with Gasteiger partial charge in [0.1, 0.15) is 5.82 Å². The van der Waals surface area contributed by atoms with Crippen LogP contribution in [-0.2, 0) is 12.8 Å². The van der Waals surface area contributed by atoms with Crippen molar-refractivity contribution >= 4 is 15.9 Å². The molecule has 0 saturated carbocycles. The topological polar surface area (TPSA) is 0 Å². The van der Waals surface area contributed by atoms with Crippen molar-refractivity contribution in [1.82, 2.24) is 0 Å². The fraction of sp³-hybridized carbons (Fsp3) is 0.333. The predicted molar refractivity (Wildman–Crippen MR) is 87.1 cm³/mol. The van der Waals surface area contributed by atoms with E-state index >= 15 is 0 Å². The molecule has 0 amide bonds. The minimum atomic E-state index is -0.147. The average Bonchev–Trinajstić information content (AvgIpc) is 2.48. The summed E-state index contributed by atoms with van der Waals surface area (Å²) < 4.78 is 13.4. The minimum absolute atomic E-state index is 0.114. The molecular formula is C18H20BrF. The summed E-state index contributed by atoms with van der Waals surface area (Å²) in [5.74, 6) is -0.147. The normalized spacial score (nSPS) is 12.4. The van der Waals surface area contributed by atoms with Gasteiger partial charge < -0.3 is 0 Å². The summed E-state index contributed by atoms with van der Waals surface area (Å²) in [5.41, 5.74) is 5.76. The molecule has 2 aromatic carbocycles. The third-order valence-electron chi connectivity index (χ3n) is 3.75. The van der Waals surface area contributed by atoms with Gasteiger partial charge in [0.15, 0.2) is 0 Å². The molecule has 20 heavy (non-hydrogen) atoms. The van der Waals surface area contributed by atoms with E-state index in [9.17, 15) is 4.39 Å². The maximum absolute atomic E-state index is 13.4. The van der Waals surface area contributed by atoms with Crippen LogP contribution in [0.2, 0.25) is 0 Å². The van der Waals surface area contributed by atoms with Gasteiger partial charge in [0.05, 0.1) is 4.83 Å². The predicted octanol–water partition coefficient (Wildman–Crippen LogP) is 5.74. The molecule has 1 unspecified atom stereocenters. The first kappa shape index (κ1) is 15.2. The molecule has 0 aliphatic carbocycles. The highest BCUT2D eigenvalue weighted by Gasteiger charge is 2.15. The molecule has 1 atom stereocenters. The molecule has 0 aromatic heterocycles. The fourth-order valence-corrected chi connectivity index (χ4v) is 3.14. The maximum atomic E-state index is 13.4. The Bertz CT molecular complexity index is 604. The van der Waals surface area contributed by atoms with Crippen molar-refractivity contribution in [3.05, 3.63) is 70.0 Å². The number of aryl methyl sites for hydroxylation is 3. The van der Waals surface area contributed by atoms with Crippen LogP contribution in [0.25, 0.3) is 0 Å². The van der Waals surface area contributed by atoms with Crippen LogP contribution in [0.5, 0.6) is 0 Å². The van der Waals surface area contributed by atoms with E-state index in [1.54, 1.807) is 6.07 Å². The van der Waals surface area contributed by atoms with Crippen molar-refractivity contribution in [2.75, 3.05) is 0 Å². The van der Waals surface area contributed by atoms with Crippen LogP contribution in [-0.4, -0.2) is 0 Å². The monoisotopic (exact) mass is 334 g/mol. The number of hydrogen-bond acceptors (Lipinski definition) is 0. The summed E-state index contributed by atoms with van der Waals surface area (Å²) in [4.78, 5) is 0.114. The second-order valence-corrected chi connectivity index (χ2v) is 6.03. The van der Waals surface area contributed by atoms with Crippen LogP contribution in [0.3, 0.4) is 0 Å². The maximum Gasteiger partial charge on any atom is 0.126 e. The van der Waals surface area contributed by atoms with Crippen LogP contribution >= 0.6 is 15.9 Å². The smallest absolute Gasteiger partial charge is 0.126 e. The van der Waals surface area contributed by atoms with E-state index in [2.05, 4.69) is 48.0 Å². The zero-order valence-corrected chi connectivity index (χ0v) is 13.8. The average molecular weight is 335 g/mol. The molecule has 2 rings (SSSR count). The molecule has 0 heterocycles. The molecule has 0 nitrogen and oxygen atoms in total. The van der Waals surface area contributed by atoms with E-state index in [0.29, 0.717) is 5.56 Å². The van der Waals surface area contributed by atoms with Gasteiger partial charge in [0.25, 0.3) is 0 Å². The van der Waals surface area contributed by atoms with Gasteiger partial charge in [-0.25, -0.2) is 4.39 Å². The quantitative estimate of drug-likeness (QED) is 0.625. The molecule has 2 heteroatoms. The second-order valence-electron chi connectivity index (χ2n) is 5.11. The summed E-state index contributed by atoms with van der Waals surface area (Å²) in [6.45, 7) is 6.14. The Balaban J connectivity index is 2.45. The van der Waals surface area contributed by atoms with Gasteiger partial charge in [0.2, 0.25) is 0 Å². The minimum Gasteiger partial charge on any atom is -0.207 e. The lowest BCUT2D eigenvalue weighted by Crippen LogP contribution is -2.00. The molecule has 0 spiro atoms. The number of alkyl halides is 1. The van der Waals surface area contributed by atoms with Gasteiger partial charge in [0, 0.05) is 0 Å². The van der Waals surface area contributed by atoms with Crippen molar-refractivity contribution < 1.29 is 4.39 Å². The molecule has 0 aliphatic heterocycles. The Morgan fingerprint density at radius 3 is 2.40 bits per heavy atom. The number of hydrogen-bond donors (Lipinski definition) is 0. The lowest BCUT2D eigenvalue weighted by atomic mass is 9.94. The van der Waals surface area contributed by atoms with E-state index in [1.807, 2.05) is 19.1 Å². The van der Waals surface area contributed by atoms with Gasteiger partial charge >= 0.3 is 0 Å². The van der Waals surface area contributed by atoms with E-state index in [1.165, 1.54) is 16.7 Å². The highest BCUT2D eigenvalue weighted by molar-refractivity contribution is 9.09. The van der Waals surface area contributed by atoms with E-state index in [4.69, 9.17) is 0 Å². The summed E-state index contributed by atoms with van der Waals surface area (Å²) in [5, 5.41) is 0. The molecule has 0 fully saturated rings. The highest BCUT2D eigenvalue weighted by atomic mass is 79.9. The van der Waals surface area contributed by atoms with Crippen LogP contribution in [0, 0.1) is 12.7 Å². The molecule has 2 aromatic rings. The largest absolute Gasteiger partial charge is 0.207 e. The summed E-state index contributed by atoms with van der Waals surface area (Å²) in [6, 6.07) is 12.0. The van der Waals surface area contributed by atoms with Crippen LogP contribution in [0.15, 0.2) is 36.4 Å². The highest BCUT2D eigenvalue weighted by Crippen LogP contribution is 2.34. The Morgan fingerprint density at radius 2 is 1.80 bits per heavy atom. The number of halogens is 2. The Kier molecular flexibility index (Phi) is 4.98. The van der Waals surface area contributed by atoms with Gasteiger partial charge in [-0.15, -0.1) is 0 Å². The van der Waals surface area contributed by atoms with Crippen molar-refractivity contribution in [2.24, 2.45) is 0 Å². The molecule has 106 valence electrons. The molecule has 0 radical (unpaired) electrons. The van der Waals surface area contributed by atoms with Crippen LogP contribution in [0.1, 0.15) is 46.5 Å². The first-order valence-electron chi connectivity index (χ1n) is 7.08. The molecule has 0 N–H and O–H groups in total. The molecule has 0 aliphatic rings. The van der Waals surface area contributed by atoms with Gasteiger partial charge in [-0.1, -0.05) is 60.1 Å². The number of rotatable bonds is 4. The van der Waals surface area contributed by atoms with Crippen molar-refractivity contribution in [2.45, 2.75) is 38.4 Å². The first-order chi connectivity index (χ1) is 9.56. The first-order valence-corrected chi connectivity index (χ1v) is 8.00. The lowest BCUT2D eigenvalue weighted by Gasteiger charge is -2.17. The molecule has 0 saturated heterocycles. The Morgan fingerprint density at radius 1 is 1.05 bits per heavy atom. The van der Waals surface area contributed by atoms with E-state index in [-0.39, 0.29) is 10.6 Å². The Labute approximate surface area is 129 Å². The van der Waals surface area contributed by atoms with Crippen LogP contribution < -0.4 is 0 Å². The van der Waals surface area contributed by atoms with E-state index < -0.39 is 0 Å². The number of benzene rings is 2. The zero-order valence-electron chi connectivity index (χ0n) is 12.2. The van der Waals surface area contributed by atoms with Crippen LogP contribution in [0.4, 0.5) is 4.39 Å². The standard InChI is InChI=1S/C18H20BrF/c1-4-13-6-7-14(5-2)16(11-13)18(19)15-8-9-17(20)12(3)10-15/h6-11,18H,4-5H2,1-3H3. The van der Waals surface area contributed by atoms with Crippen molar-refractivity contribution in [1.29, 1.82) is 0 Å². The van der Waals surface area contributed by atoms with Gasteiger partial charge in [-0.3, -0.25) is 0 Å². The fourth-order valence-electron chi connectivity index (χ4n) is 2.43. The lowest BCUT2D eigenvalue weighted by molar-refractivity contribution is 0.617. The summed E-state index contributed by atoms with van der Waals surface area (Å²) in [7, 11) is 0. The summed E-state index contributed by atoms with van der Waals surface area (Å²) >= 11 is 3.79. The zero-order chi connectivity index (χ0) is 14.7. The second kappa shape index (κ2) is 6.53. The Hall–Kier alpha value is -1.15. The summed E-state index contributed by atoms with van der Waals surface area (Å²) in [6.07, 6.45) is 2.03. The van der Waals surface area contributed by atoms with Gasteiger partial charge in [-0.05, 0) is 53.6 Å². The van der Waals surface area contributed by atoms with Gasteiger partial charge in [-0.2, -0.15) is 0 Å². The molecular weight excluding hydrogens is 315 g/mol. The SMILES string of the molecule is CCc1ccc(CC)c(C(Br)c2ccc(F)c(C)c2)c1. The third-order valence-corrected chi connectivity index (χ3v) is 4.77. The van der Waals surface area contributed by atoms with Crippen molar-refractivity contribution in [3.63, 3.8) is 0 Å². The third kappa shape index (κ3) is 3.12.